The fourth-order valence-corrected chi connectivity index (χ4v) is 1.35. The molecule has 16 heavy (non-hydrogen) atoms. The highest BCUT2D eigenvalue weighted by Crippen LogP contribution is 2.33. The van der Waals surface area contributed by atoms with Crippen molar-refractivity contribution in [3.8, 4) is 0 Å². The molecule has 0 saturated carbocycles. The topological polar surface area (TPSA) is 26.0 Å². The highest BCUT2D eigenvalue weighted by Gasteiger charge is 2.31. The van der Waals surface area contributed by atoms with E-state index < -0.39 is 17.8 Å². The molecular formula is C10H10Cl2F3N. The molecule has 90 valence electrons. The predicted octanol–water partition coefficient (Wildman–Crippen LogP) is 3.97. The van der Waals surface area contributed by atoms with Gasteiger partial charge in [-0.3, -0.25) is 0 Å². The monoisotopic (exact) mass is 271 g/mol. The number of benzene rings is 1. The standard InChI is InChI=1S/C10H9ClF3N.ClH/c1-2-9(15)7-5-6(10(12,13)14)3-4-8(7)11;/h2-5,9H,1,15H2;1H/t9-;/m1./s1. The summed E-state index contributed by atoms with van der Waals surface area (Å²) in [6.07, 6.45) is -3.05. The SMILES string of the molecule is C=C[C@@H](N)c1cc(C(F)(F)F)ccc1Cl.Cl. The molecule has 6 heteroatoms. The van der Waals surface area contributed by atoms with E-state index in [1.165, 1.54) is 12.1 Å². The molecule has 0 spiro atoms. The van der Waals surface area contributed by atoms with Gasteiger partial charge in [0, 0.05) is 11.1 Å². The summed E-state index contributed by atoms with van der Waals surface area (Å²) in [6.45, 7) is 3.41. The van der Waals surface area contributed by atoms with Gasteiger partial charge in [0.15, 0.2) is 0 Å². The maximum atomic E-state index is 12.4. The third-order valence-electron chi connectivity index (χ3n) is 1.94. The zero-order valence-corrected chi connectivity index (χ0v) is 9.66. The van der Waals surface area contributed by atoms with Gasteiger partial charge < -0.3 is 5.73 Å². The second-order valence-electron chi connectivity index (χ2n) is 3.00. The minimum Gasteiger partial charge on any atom is -0.321 e. The second kappa shape index (κ2) is 5.57. The van der Waals surface area contributed by atoms with Gasteiger partial charge in [-0.2, -0.15) is 13.2 Å². The summed E-state index contributed by atoms with van der Waals surface area (Å²) in [4.78, 5) is 0. The summed E-state index contributed by atoms with van der Waals surface area (Å²) in [5.41, 5.74) is 5.00. The number of rotatable bonds is 2. The van der Waals surface area contributed by atoms with Crippen LogP contribution >= 0.6 is 24.0 Å². The van der Waals surface area contributed by atoms with Gasteiger partial charge >= 0.3 is 6.18 Å². The molecule has 1 atom stereocenters. The fraction of sp³-hybridized carbons (Fsp3) is 0.200. The molecule has 1 rings (SSSR count). The Morgan fingerprint density at radius 3 is 2.38 bits per heavy atom. The summed E-state index contributed by atoms with van der Waals surface area (Å²) in [7, 11) is 0. The predicted molar refractivity (Wildman–Crippen MR) is 60.8 cm³/mol. The summed E-state index contributed by atoms with van der Waals surface area (Å²) in [5.74, 6) is 0. The van der Waals surface area contributed by atoms with Gasteiger partial charge in [-0.25, -0.2) is 0 Å². The Labute approximate surface area is 102 Å². The Balaban J connectivity index is 0.00000225. The Morgan fingerprint density at radius 1 is 1.38 bits per heavy atom. The summed E-state index contributed by atoms with van der Waals surface area (Å²) >= 11 is 5.72. The van der Waals surface area contributed by atoms with E-state index in [4.69, 9.17) is 17.3 Å². The van der Waals surface area contributed by atoms with E-state index >= 15 is 0 Å². The van der Waals surface area contributed by atoms with Gasteiger partial charge in [0.2, 0.25) is 0 Å². The molecule has 0 saturated heterocycles. The normalized spacial score (nSPS) is 12.8. The van der Waals surface area contributed by atoms with Crippen molar-refractivity contribution in [1.82, 2.24) is 0 Å². The molecule has 0 aliphatic carbocycles. The first-order chi connectivity index (χ1) is 6.86. The van der Waals surface area contributed by atoms with Crippen molar-refractivity contribution in [2.75, 3.05) is 0 Å². The van der Waals surface area contributed by atoms with Crippen LogP contribution in [0.5, 0.6) is 0 Å². The van der Waals surface area contributed by atoms with Gasteiger partial charge in [0.05, 0.1) is 5.56 Å². The van der Waals surface area contributed by atoms with Crippen LogP contribution in [0.25, 0.3) is 0 Å². The van der Waals surface area contributed by atoms with Crippen LogP contribution in [0.3, 0.4) is 0 Å². The molecule has 0 bridgehead atoms. The lowest BCUT2D eigenvalue weighted by Crippen LogP contribution is -2.11. The van der Waals surface area contributed by atoms with Gasteiger partial charge in [-0.1, -0.05) is 17.7 Å². The highest BCUT2D eigenvalue weighted by atomic mass is 35.5. The number of halogens is 5. The Morgan fingerprint density at radius 2 is 1.94 bits per heavy atom. The minimum atomic E-state index is -4.39. The van der Waals surface area contributed by atoms with Crippen LogP contribution in [-0.4, -0.2) is 0 Å². The highest BCUT2D eigenvalue weighted by molar-refractivity contribution is 6.31. The molecule has 0 aromatic heterocycles. The fourth-order valence-electron chi connectivity index (χ4n) is 1.10. The number of hydrogen-bond acceptors (Lipinski definition) is 1. The average molecular weight is 272 g/mol. The van der Waals surface area contributed by atoms with Crippen molar-refractivity contribution in [3.05, 3.63) is 47.0 Å². The molecule has 0 aliphatic rings. The Bertz CT molecular complexity index is 377. The lowest BCUT2D eigenvalue weighted by Gasteiger charge is -2.13. The molecule has 0 radical (unpaired) electrons. The van der Waals surface area contributed by atoms with Gasteiger partial charge in [-0.15, -0.1) is 19.0 Å². The number of nitrogens with two attached hydrogens (primary N) is 1. The quantitative estimate of drug-likeness (QED) is 0.810. The van der Waals surface area contributed by atoms with E-state index in [9.17, 15) is 13.2 Å². The second-order valence-corrected chi connectivity index (χ2v) is 3.40. The first-order valence-electron chi connectivity index (χ1n) is 4.11. The third-order valence-corrected chi connectivity index (χ3v) is 2.28. The van der Waals surface area contributed by atoms with E-state index in [1.807, 2.05) is 0 Å². The lowest BCUT2D eigenvalue weighted by atomic mass is 10.0. The maximum absolute atomic E-state index is 12.4. The van der Waals surface area contributed by atoms with Crippen LogP contribution in [0.4, 0.5) is 13.2 Å². The largest absolute Gasteiger partial charge is 0.416 e. The summed E-state index contributed by atoms with van der Waals surface area (Å²) in [5, 5.41) is 0.204. The van der Waals surface area contributed by atoms with Crippen molar-refractivity contribution < 1.29 is 13.2 Å². The molecule has 0 amide bonds. The number of alkyl halides is 3. The molecule has 1 aromatic rings. The third kappa shape index (κ3) is 3.40. The molecule has 0 heterocycles. The molecule has 1 nitrogen and oxygen atoms in total. The van der Waals surface area contributed by atoms with Crippen molar-refractivity contribution in [2.45, 2.75) is 12.2 Å². The lowest BCUT2D eigenvalue weighted by molar-refractivity contribution is -0.137. The van der Waals surface area contributed by atoms with Crippen LogP contribution < -0.4 is 5.73 Å². The van der Waals surface area contributed by atoms with Crippen molar-refractivity contribution in [2.24, 2.45) is 5.73 Å². The number of hydrogen-bond donors (Lipinski definition) is 1. The molecule has 1 aromatic carbocycles. The van der Waals surface area contributed by atoms with Crippen molar-refractivity contribution in [1.29, 1.82) is 0 Å². The molecule has 0 unspecified atom stereocenters. The first kappa shape index (κ1) is 15.3. The van der Waals surface area contributed by atoms with Crippen molar-refractivity contribution >= 4 is 24.0 Å². The van der Waals surface area contributed by atoms with E-state index in [1.54, 1.807) is 0 Å². The molecule has 2 N–H and O–H groups in total. The molecular weight excluding hydrogens is 262 g/mol. The average Bonchev–Trinajstić information content (AvgIpc) is 2.15. The summed E-state index contributed by atoms with van der Waals surface area (Å²) < 4.78 is 37.1. The smallest absolute Gasteiger partial charge is 0.321 e. The zero-order valence-electron chi connectivity index (χ0n) is 8.09. The first-order valence-corrected chi connectivity index (χ1v) is 4.49. The minimum absolute atomic E-state index is 0. The van der Waals surface area contributed by atoms with Crippen LogP contribution in [0.1, 0.15) is 17.2 Å². The van der Waals surface area contributed by atoms with E-state index in [0.29, 0.717) is 0 Å². The van der Waals surface area contributed by atoms with Gasteiger partial charge in [-0.05, 0) is 23.8 Å². The Hall–Kier alpha value is -0.710. The van der Waals surface area contributed by atoms with E-state index in [-0.39, 0.29) is 23.0 Å². The van der Waals surface area contributed by atoms with E-state index in [2.05, 4.69) is 6.58 Å². The summed E-state index contributed by atoms with van der Waals surface area (Å²) in [6, 6.07) is 2.35. The van der Waals surface area contributed by atoms with Gasteiger partial charge in [0.1, 0.15) is 0 Å². The van der Waals surface area contributed by atoms with Crippen molar-refractivity contribution in [3.63, 3.8) is 0 Å². The van der Waals surface area contributed by atoms with Crippen LogP contribution in [0, 0.1) is 0 Å². The van der Waals surface area contributed by atoms with Crippen LogP contribution in [-0.2, 0) is 6.18 Å². The molecule has 0 fully saturated rings. The zero-order chi connectivity index (χ0) is 11.6. The maximum Gasteiger partial charge on any atom is 0.416 e. The van der Waals surface area contributed by atoms with Gasteiger partial charge in [0.25, 0.3) is 0 Å². The van der Waals surface area contributed by atoms with Crippen LogP contribution in [0.2, 0.25) is 5.02 Å². The van der Waals surface area contributed by atoms with E-state index in [0.717, 1.165) is 12.1 Å². The van der Waals surface area contributed by atoms with Crippen LogP contribution in [0.15, 0.2) is 30.9 Å². The molecule has 0 aliphatic heterocycles. The Kier molecular flexibility index (Phi) is 5.32.